The lowest BCUT2D eigenvalue weighted by molar-refractivity contribution is -0.169. The lowest BCUT2D eigenvalue weighted by Crippen LogP contribution is -2.43. The van der Waals surface area contributed by atoms with Crippen molar-refractivity contribution in [2.75, 3.05) is 0 Å². The number of carboxylic acid groups (broad SMARTS) is 2. The molecule has 1 aromatic rings. The quantitative estimate of drug-likeness (QED) is 0.463. The van der Waals surface area contributed by atoms with Crippen molar-refractivity contribution in [1.82, 2.24) is 0 Å². The smallest absolute Gasteiger partial charge is 0.346 e. The maximum Gasteiger partial charge on any atom is 0.346 e. The van der Waals surface area contributed by atoms with Crippen LogP contribution in [0.1, 0.15) is 84.9 Å². The fraction of sp³-hybridized carbons (Fsp3) is 0.500. The van der Waals surface area contributed by atoms with Gasteiger partial charge in [-0.05, 0) is 37.8 Å². The standard InChI is InChI=1S/C24H26O10/c25-17(33-21(31)23(19(27)28)11-5-1-6-12-23)15-9-3-4-10-16(15)18(26)34-22(32)24(20(29)30)13-7-2-8-14-24/h3-4,9-10H,1-2,5-8,11-14H2,(H,27,28)(H,29,30). The molecular formula is C24H26O10. The van der Waals surface area contributed by atoms with Gasteiger partial charge >= 0.3 is 35.8 Å². The summed E-state index contributed by atoms with van der Waals surface area (Å²) in [6.45, 7) is 0. The highest BCUT2D eigenvalue weighted by molar-refractivity contribution is 6.12. The van der Waals surface area contributed by atoms with Gasteiger partial charge in [0.2, 0.25) is 0 Å². The molecule has 0 bridgehead atoms. The normalized spacial score (nSPS) is 18.8. The molecule has 0 atom stereocenters. The van der Waals surface area contributed by atoms with Gasteiger partial charge in [-0.25, -0.2) is 9.59 Å². The molecule has 0 spiro atoms. The summed E-state index contributed by atoms with van der Waals surface area (Å²) in [7, 11) is 0. The second-order valence-corrected chi connectivity index (χ2v) is 8.80. The number of carbonyl (C=O) groups is 6. The van der Waals surface area contributed by atoms with Gasteiger partial charge in [-0.3, -0.25) is 19.2 Å². The van der Waals surface area contributed by atoms with E-state index in [9.17, 15) is 39.0 Å². The summed E-state index contributed by atoms with van der Waals surface area (Å²) in [6, 6.07) is 5.09. The van der Waals surface area contributed by atoms with Crippen molar-refractivity contribution in [3.63, 3.8) is 0 Å². The molecule has 0 unspecified atom stereocenters. The first-order chi connectivity index (χ1) is 16.1. The number of carbonyl (C=O) groups excluding carboxylic acids is 4. The molecule has 10 nitrogen and oxygen atoms in total. The van der Waals surface area contributed by atoms with Crippen molar-refractivity contribution in [3.05, 3.63) is 35.4 Å². The van der Waals surface area contributed by atoms with Crippen molar-refractivity contribution in [3.8, 4) is 0 Å². The molecule has 10 heteroatoms. The summed E-state index contributed by atoms with van der Waals surface area (Å²) in [5.41, 5.74) is -4.49. The van der Waals surface area contributed by atoms with Gasteiger partial charge in [-0.2, -0.15) is 0 Å². The highest BCUT2D eigenvalue weighted by Crippen LogP contribution is 2.39. The second-order valence-electron chi connectivity index (χ2n) is 8.80. The molecule has 0 heterocycles. The molecule has 3 rings (SSSR count). The van der Waals surface area contributed by atoms with Gasteiger partial charge in [0.05, 0.1) is 11.1 Å². The van der Waals surface area contributed by atoms with Crippen LogP contribution in [0.15, 0.2) is 24.3 Å². The summed E-state index contributed by atoms with van der Waals surface area (Å²) < 4.78 is 9.73. The molecule has 0 saturated heterocycles. The Kier molecular flexibility index (Phi) is 7.48. The SMILES string of the molecule is O=C(OC(=O)C1(C(=O)O)CCCCC1)c1ccccc1C(=O)OC(=O)C1(C(=O)O)CCCCC1. The summed E-state index contributed by atoms with van der Waals surface area (Å²) in [4.78, 5) is 74.4. The molecule has 2 N–H and O–H groups in total. The van der Waals surface area contributed by atoms with Gasteiger partial charge < -0.3 is 19.7 Å². The minimum atomic E-state index is -1.84. The molecule has 2 aliphatic carbocycles. The number of benzene rings is 1. The van der Waals surface area contributed by atoms with Gasteiger partial charge in [-0.1, -0.05) is 50.7 Å². The van der Waals surface area contributed by atoms with E-state index in [2.05, 4.69) is 0 Å². The lowest BCUT2D eigenvalue weighted by Gasteiger charge is -2.30. The van der Waals surface area contributed by atoms with Crippen LogP contribution in [0.4, 0.5) is 0 Å². The molecule has 34 heavy (non-hydrogen) atoms. The number of carboxylic acids is 2. The molecular weight excluding hydrogens is 448 g/mol. The fourth-order valence-corrected chi connectivity index (χ4v) is 4.63. The number of aliphatic carboxylic acids is 2. The average Bonchev–Trinajstić information content (AvgIpc) is 2.84. The highest BCUT2D eigenvalue weighted by Gasteiger charge is 2.50. The average molecular weight is 474 g/mol. The predicted octanol–water partition coefficient (Wildman–Crippen LogP) is 3.12. The second kappa shape index (κ2) is 10.1. The third-order valence-electron chi connectivity index (χ3n) is 6.75. The Morgan fingerprint density at radius 1 is 0.588 bits per heavy atom. The zero-order valence-corrected chi connectivity index (χ0v) is 18.5. The summed E-state index contributed by atoms with van der Waals surface area (Å²) in [5.74, 6) is -7.71. The van der Waals surface area contributed by atoms with E-state index in [-0.39, 0.29) is 25.7 Å². The Labute approximate surface area is 195 Å². The van der Waals surface area contributed by atoms with Gasteiger partial charge in [0.1, 0.15) is 0 Å². The Morgan fingerprint density at radius 3 is 1.21 bits per heavy atom. The van der Waals surface area contributed by atoms with Gasteiger partial charge in [0, 0.05) is 0 Å². The topological polar surface area (TPSA) is 161 Å². The van der Waals surface area contributed by atoms with Crippen LogP contribution in [0.2, 0.25) is 0 Å². The van der Waals surface area contributed by atoms with Gasteiger partial charge in [0.15, 0.2) is 10.8 Å². The Hall–Kier alpha value is -3.56. The van der Waals surface area contributed by atoms with Crippen LogP contribution < -0.4 is 0 Å². The molecule has 182 valence electrons. The largest absolute Gasteiger partial charge is 0.480 e. The zero-order valence-electron chi connectivity index (χ0n) is 18.5. The van der Waals surface area contributed by atoms with Crippen molar-refractivity contribution in [2.24, 2.45) is 10.8 Å². The van der Waals surface area contributed by atoms with Gasteiger partial charge in [0.25, 0.3) is 0 Å². The summed E-state index contributed by atoms with van der Waals surface area (Å²) >= 11 is 0. The van der Waals surface area contributed by atoms with E-state index in [1.54, 1.807) is 0 Å². The Balaban J connectivity index is 1.79. The van der Waals surface area contributed by atoms with Crippen LogP contribution in [0, 0.1) is 10.8 Å². The number of rotatable bonds is 6. The van der Waals surface area contributed by atoms with Crippen LogP contribution >= 0.6 is 0 Å². The van der Waals surface area contributed by atoms with E-state index in [4.69, 9.17) is 9.47 Å². The molecule has 0 amide bonds. The maximum absolute atomic E-state index is 12.7. The molecule has 0 aliphatic heterocycles. The monoisotopic (exact) mass is 474 g/mol. The molecule has 0 aromatic heterocycles. The first-order valence-corrected chi connectivity index (χ1v) is 11.2. The van der Waals surface area contributed by atoms with E-state index in [1.807, 2.05) is 0 Å². The number of ether oxygens (including phenoxy) is 2. The number of hydrogen-bond donors (Lipinski definition) is 2. The molecule has 2 saturated carbocycles. The lowest BCUT2D eigenvalue weighted by atomic mass is 9.74. The van der Waals surface area contributed by atoms with Crippen LogP contribution in [0.25, 0.3) is 0 Å². The molecule has 1 aromatic carbocycles. The fourth-order valence-electron chi connectivity index (χ4n) is 4.63. The van der Waals surface area contributed by atoms with Gasteiger partial charge in [-0.15, -0.1) is 0 Å². The number of hydrogen-bond acceptors (Lipinski definition) is 8. The first kappa shape index (κ1) is 25.1. The summed E-state index contributed by atoms with van der Waals surface area (Å²) in [5, 5.41) is 19.2. The van der Waals surface area contributed by atoms with Crippen LogP contribution in [0.3, 0.4) is 0 Å². The predicted molar refractivity (Wildman–Crippen MR) is 114 cm³/mol. The van der Waals surface area contributed by atoms with Crippen molar-refractivity contribution in [1.29, 1.82) is 0 Å². The number of esters is 4. The third-order valence-corrected chi connectivity index (χ3v) is 6.75. The van der Waals surface area contributed by atoms with Crippen molar-refractivity contribution >= 4 is 35.8 Å². The Bertz CT molecular complexity index is 931. The summed E-state index contributed by atoms with van der Waals surface area (Å²) in [6.07, 6.45) is 3.62. The highest BCUT2D eigenvalue weighted by atomic mass is 16.6. The zero-order chi connectivity index (χ0) is 24.9. The van der Waals surface area contributed by atoms with E-state index in [1.165, 1.54) is 24.3 Å². The molecule has 0 radical (unpaired) electrons. The first-order valence-electron chi connectivity index (χ1n) is 11.2. The third kappa shape index (κ3) is 4.71. The van der Waals surface area contributed by atoms with E-state index in [0.717, 1.165) is 12.8 Å². The van der Waals surface area contributed by atoms with Crippen molar-refractivity contribution in [2.45, 2.75) is 64.2 Å². The van der Waals surface area contributed by atoms with E-state index in [0.29, 0.717) is 25.7 Å². The molecule has 2 aliphatic rings. The van der Waals surface area contributed by atoms with Crippen LogP contribution in [-0.4, -0.2) is 46.0 Å². The Morgan fingerprint density at radius 2 is 0.912 bits per heavy atom. The van der Waals surface area contributed by atoms with E-state index >= 15 is 0 Å². The maximum atomic E-state index is 12.7. The van der Waals surface area contributed by atoms with Crippen LogP contribution in [0.5, 0.6) is 0 Å². The van der Waals surface area contributed by atoms with Crippen LogP contribution in [-0.2, 0) is 28.7 Å². The van der Waals surface area contributed by atoms with E-state index < -0.39 is 57.8 Å². The van der Waals surface area contributed by atoms with Crippen molar-refractivity contribution < 1.29 is 48.5 Å². The minimum absolute atomic E-state index is 0.0317. The minimum Gasteiger partial charge on any atom is -0.480 e. The molecule has 2 fully saturated rings.